The molecule has 16 heavy (non-hydrogen) atoms. The van der Waals surface area contributed by atoms with Crippen molar-refractivity contribution in [1.82, 2.24) is 9.97 Å². The van der Waals surface area contributed by atoms with E-state index in [0.717, 1.165) is 5.56 Å². The molecule has 0 unspecified atom stereocenters. The van der Waals surface area contributed by atoms with Crippen molar-refractivity contribution in [2.24, 2.45) is 0 Å². The Morgan fingerprint density at radius 2 is 2.00 bits per heavy atom. The van der Waals surface area contributed by atoms with Gasteiger partial charge in [0.2, 0.25) is 0 Å². The van der Waals surface area contributed by atoms with Gasteiger partial charge in [-0.25, -0.2) is 9.78 Å². The fourth-order valence-electron chi connectivity index (χ4n) is 1.31. The fraction of sp³-hybridized carbons (Fsp3) is 0. The zero-order chi connectivity index (χ0) is 11.5. The quantitative estimate of drug-likeness (QED) is 0.781. The minimum atomic E-state index is -1.05. The molecule has 0 saturated carbocycles. The summed E-state index contributed by atoms with van der Waals surface area (Å²) in [5, 5.41) is 8.88. The number of nitrogens with zero attached hydrogens (tertiary/aromatic N) is 1. The molecule has 2 N–H and O–H groups in total. The number of benzene rings is 1. The van der Waals surface area contributed by atoms with Crippen molar-refractivity contribution in [2.45, 2.75) is 0 Å². The highest BCUT2D eigenvalue weighted by molar-refractivity contribution is 7.71. The van der Waals surface area contributed by atoms with Gasteiger partial charge >= 0.3 is 5.97 Å². The maximum absolute atomic E-state index is 10.8. The van der Waals surface area contributed by atoms with E-state index in [1.165, 1.54) is 6.07 Å². The van der Waals surface area contributed by atoms with Crippen LogP contribution in [0.25, 0.3) is 11.4 Å². The predicted molar refractivity (Wildman–Crippen MR) is 61.8 cm³/mol. The lowest BCUT2D eigenvalue weighted by Gasteiger charge is -2.02. The molecule has 80 valence electrons. The first kappa shape index (κ1) is 10.5. The summed E-state index contributed by atoms with van der Waals surface area (Å²) in [5.41, 5.74) is 0.843. The molecule has 0 aliphatic heterocycles. The number of H-pyrrole nitrogens is 1. The highest BCUT2D eigenvalue weighted by atomic mass is 32.1. The van der Waals surface area contributed by atoms with Crippen LogP contribution in [0.2, 0.25) is 0 Å². The summed E-state index contributed by atoms with van der Waals surface area (Å²) in [6, 6.07) is 10.6. The number of carboxylic acids is 1. The number of hydrogen-bond donors (Lipinski definition) is 2. The Morgan fingerprint density at radius 1 is 1.31 bits per heavy atom. The lowest BCUT2D eigenvalue weighted by Crippen LogP contribution is -2.02. The van der Waals surface area contributed by atoms with Gasteiger partial charge in [0, 0.05) is 11.6 Å². The lowest BCUT2D eigenvalue weighted by atomic mass is 10.2. The maximum Gasteiger partial charge on any atom is 0.352 e. The van der Waals surface area contributed by atoms with Gasteiger partial charge in [-0.1, -0.05) is 42.5 Å². The molecule has 0 saturated heterocycles. The van der Waals surface area contributed by atoms with Gasteiger partial charge in [0.05, 0.1) is 0 Å². The van der Waals surface area contributed by atoms with Crippen LogP contribution in [0, 0.1) is 4.64 Å². The van der Waals surface area contributed by atoms with Crippen molar-refractivity contribution in [1.29, 1.82) is 0 Å². The molecule has 0 fully saturated rings. The molecule has 1 aromatic carbocycles. The third kappa shape index (κ3) is 2.14. The van der Waals surface area contributed by atoms with Crippen LogP contribution >= 0.6 is 12.2 Å². The first-order valence-electron chi connectivity index (χ1n) is 4.57. The molecule has 0 aliphatic carbocycles. The highest BCUT2D eigenvalue weighted by Crippen LogP contribution is 2.14. The zero-order valence-electron chi connectivity index (χ0n) is 8.18. The second kappa shape index (κ2) is 4.24. The first-order chi connectivity index (χ1) is 7.66. The number of aromatic carboxylic acids is 1. The van der Waals surface area contributed by atoms with Crippen molar-refractivity contribution in [3.63, 3.8) is 0 Å². The molecule has 0 aliphatic rings. The van der Waals surface area contributed by atoms with Gasteiger partial charge in [-0.05, 0) is 0 Å². The molecule has 0 bridgehead atoms. The van der Waals surface area contributed by atoms with E-state index in [9.17, 15) is 4.79 Å². The summed E-state index contributed by atoms with van der Waals surface area (Å²) < 4.78 is 0.259. The monoisotopic (exact) mass is 232 g/mol. The van der Waals surface area contributed by atoms with E-state index < -0.39 is 5.97 Å². The van der Waals surface area contributed by atoms with Crippen LogP contribution in [0.3, 0.4) is 0 Å². The molecular weight excluding hydrogens is 224 g/mol. The first-order valence-corrected chi connectivity index (χ1v) is 4.98. The van der Waals surface area contributed by atoms with Crippen LogP contribution in [-0.4, -0.2) is 21.0 Å². The zero-order valence-corrected chi connectivity index (χ0v) is 8.99. The highest BCUT2D eigenvalue weighted by Gasteiger charge is 2.06. The van der Waals surface area contributed by atoms with Crippen molar-refractivity contribution in [2.75, 3.05) is 0 Å². The summed E-state index contributed by atoms with van der Waals surface area (Å²) >= 11 is 4.91. The SMILES string of the molecule is O=C(O)c1cc(=S)nc(-c2ccccc2)[nH]1. The maximum atomic E-state index is 10.8. The van der Waals surface area contributed by atoms with Gasteiger partial charge in [0.1, 0.15) is 16.2 Å². The number of aromatic nitrogens is 2. The number of nitrogens with one attached hydrogen (secondary N) is 1. The minimum Gasteiger partial charge on any atom is -0.477 e. The van der Waals surface area contributed by atoms with Crippen molar-refractivity contribution >= 4 is 18.2 Å². The Bertz CT molecular complexity index is 578. The summed E-state index contributed by atoms with van der Waals surface area (Å²) in [7, 11) is 0. The second-order valence-corrected chi connectivity index (χ2v) is 3.57. The molecule has 2 aromatic rings. The summed E-state index contributed by atoms with van der Waals surface area (Å²) in [5.74, 6) is -0.587. The Kier molecular flexibility index (Phi) is 2.78. The number of aromatic amines is 1. The van der Waals surface area contributed by atoms with E-state index in [2.05, 4.69) is 9.97 Å². The summed E-state index contributed by atoms with van der Waals surface area (Å²) in [4.78, 5) is 17.6. The van der Waals surface area contributed by atoms with E-state index in [-0.39, 0.29) is 10.3 Å². The molecule has 5 heteroatoms. The van der Waals surface area contributed by atoms with Gasteiger partial charge in [0.15, 0.2) is 0 Å². The van der Waals surface area contributed by atoms with Crippen molar-refractivity contribution < 1.29 is 9.90 Å². The molecule has 1 aromatic heterocycles. The van der Waals surface area contributed by atoms with Crippen LogP contribution in [0.5, 0.6) is 0 Å². The molecule has 0 spiro atoms. The van der Waals surface area contributed by atoms with Gasteiger partial charge in [0.25, 0.3) is 0 Å². The fourth-order valence-corrected chi connectivity index (χ4v) is 1.51. The molecule has 4 nitrogen and oxygen atoms in total. The summed E-state index contributed by atoms with van der Waals surface area (Å²) in [6.07, 6.45) is 0. The van der Waals surface area contributed by atoms with Crippen LogP contribution < -0.4 is 0 Å². The Hall–Kier alpha value is -2.01. The third-order valence-corrected chi connectivity index (χ3v) is 2.23. The molecule has 2 rings (SSSR count). The smallest absolute Gasteiger partial charge is 0.352 e. The minimum absolute atomic E-state index is 0.0406. The number of hydrogen-bond acceptors (Lipinski definition) is 3. The Morgan fingerprint density at radius 3 is 2.62 bits per heavy atom. The van der Waals surface area contributed by atoms with Crippen LogP contribution in [-0.2, 0) is 0 Å². The van der Waals surface area contributed by atoms with E-state index >= 15 is 0 Å². The normalized spacial score (nSPS) is 10.0. The van der Waals surface area contributed by atoms with E-state index in [1.807, 2.05) is 30.3 Å². The van der Waals surface area contributed by atoms with E-state index in [1.54, 1.807) is 0 Å². The average molecular weight is 232 g/mol. The molecule has 0 radical (unpaired) electrons. The molecule has 0 amide bonds. The van der Waals surface area contributed by atoms with Crippen LogP contribution in [0.4, 0.5) is 0 Å². The largest absolute Gasteiger partial charge is 0.477 e. The summed E-state index contributed by atoms with van der Waals surface area (Å²) in [6.45, 7) is 0. The third-order valence-electron chi connectivity index (χ3n) is 2.02. The van der Waals surface area contributed by atoms with Crippen molar-refractivity contribution in [3.8, 4) is 11.4 Å². The molecule has 1 heterocycles. The van der Waals surface area contributed by atoms with Gasteiger partial charge in [-0.15, -0.1) is 0 Å². The number of carboxylic acid groups (broad SMARTS) is 1. The standard InChI is InChI=1S/C11H8N2O2S/c14-11(15)8-6-9(16)13-10(12-8)7-4-2-1-3-5-7/h1-6H,(H,14,15)(H,12,13,16). The van der Waals surface area contributed by atoms with Gasteiger partial charge < -0.3 is 10.1 Å². The topological polar surface area (TPSA) is 66.0 Å². The van der Waals surface area contributed by atoms with Crippen molar-refractivity contribution in [3.05, 3.63) is 46.7 Å². The number of carbonyl (C=O) groups is 1. The second-order valence-electron chi connectivity index (χ2n) is 3.15. The Labute approximate surface area is 96.6 Å². The van der Waals surface area contributed by atoms with E-state index in [4.69, 9.17) is 17.3 Å². The lowest BCUT2D eigenvalue weighted by molar-refractivity contribution is 0.0690. The van der Waals surface area contributed by atoms with Gasteiger partial charge in [-0.2, -0.15) is 0 Å². The predicted octanol–water partition coefficient (Wildman–Crippen LogP) is 2.50. The van der Waals surface area contributed by atoms with Crippen LogP contribution in [0.1, 0.15) is 10.5 Å². The van der Waals surface area contributed by atoms with Crippen LogP contribution in [0.15, 0.2) is 36.4 Å². The van der Waals surface area contributed by atoms with Gasteiger partial charge in [-0.3, -0.25) is 0 Å². The number of rotatable bonds is 2. The van der Waals surface area contributed by atoms with E-state index in [0.29, 0.717) is 5.82 Å². The molecule has 0 atom stereocenters. The molecular formula is C11H8N2O2S. The average Bonchev–Trinajstić information content (AvgIpc) is 2.29. The Balaban J connectivity index is 2.58.